The molecule has 160 valence electrons. The molecule has 0 fully saturated rings. The van der Waals surface area contributed by atoms with Crippen LogP contribution in [-0.4, -0.2) is 53.7 Å². The van der Waals surface area contributed by atoms with Crippen LogP contribution in [0.4, 0.5) is 18.0 Å². The number of nitrogens with zero attached hydrogens (tertiary/aromatic N) is 3. The van der Waals surface area contributed by atoms with Crippen molar-refractivity contribution in [2.24, 2.45) is 4.99 Å². The van der Waals surface area contributed by atoms with Crippen molar-refractivity contribution in [3.63, 3.8) is 0 Å². The molecule has 0 saturated carbocycles. The van der Waals surface area contributed by atoms with Gasteiger partial charge in [-0.2, -0.15) is 13.2 Å². The minimum atomic E-state index is -4.45. The van der Waals surface area contributed by atoms with E-state index in [2.05, 4.69) is 20.6 Å². The number of aliphatic imine (C=N–C) groups is 1. The first-order valence-corrected chi connectivity index (χ1v) is 9.86. The zero-order valence-corrected chi connectivity index (χ0v) is 17.6. The lowest BCUT2D eigenvalue weighted by Gasteiger charge is -2.26. The van der Waals surface area contributed by atoms with E-state index in [9.17, 15) is 18.0 Å². The van der Waals surface area contributed by atoms with Crippen LogP contribution in [0.2, 0.25) is 0 Å². The Hall–Kier alpha value is -2.04. The maximum Gasteiger partial charge on any atom is 0.434 e. The summed E-state index contributed by atoms with van der Waals surface area (Å²) in [5, 5.41) is 7.31. The minimum absolute atomic E-state index is 0.0274. The van der Waals surface area contributed by atoms with Crippen molar-refractivity contribution < 1.29 is 22.7 Å². The van der Waals surface area contributed by atoms with E-state index in [-0.39, 0.29) is 11.6 Å². The molecule has 1 rings (SSSR count). The van der Waals surface area contributed by atoms with Gasteiger partial charge in [0.05, 0.1) is 6.54 Å². The van der Waals surface area contributed by atoms with Gasteiger partial charge in [-0.1, -0.05) is 0 Å². The molecule has 28 heavy (non-hydrogen) atoms. The second-order valence-corrected chi connectivity index (χ2v) is 7.75. The molecule has 1 heterocycles. The standard InChI is InChI=1S/C17H28F3N5O2S/c1-6-21-14(23-10-13-24-12(11-28-13)17(18,19)20)22-8-9-25(7-2)15(26)27-16(3,4)5/h11H,6-10H2,1-5H3,(H2,21,22,23). The number of alkyl halides is 3. The summed E-state index contributed by atoms with van der Waals surface area (Å²) in [5.41, 5.74) is -1.48. The van der Waals surface area contributed by atoms with Gasteiger partial charge in [-0.25, -0.2) is 14.8 Å². The summed E-state index contributed by atoms with van der Waals surface area (Å²) >= 11 is 0.915. The summed E-state index contributed by atoms with van der Waals surface area (Å²) in [5.74, 6) is 0.437. The van der Waals surface area contributed by atoms with Gasteiger partial charge in [0.2, 0.25) is 0 Å². The van der Waals surface area contributed by atoms with Gasteiger partial charge in [-0.05, 0) is 34.6 Å². The van der Waals surface area contributed by atoms with E-state index >= 15 is 0 Å². The van der Waals surface area contributed by atoms with Crippen LogP contribution < -0.4 is 10.6 Å². The molecular weight excluding hydrogens is 395 g/mol. The van der Waals surface area contributed by atoms with Gasteiger partial charge in [0, 0.05) is 31.6 Å². The number of carbonyl (C=O) groups excluding carboxylic acids is 1. The maximum absolute atomic E-state index is 12.6. The Balaban J connectivity index is 2.60. The third-order valence-electron chi connectivity index (χ3n) is 3.27. The average molecular weight is 424 g/mol. The van der Waals surface area contributed by atoms with Crippen LogP contribution in [0.1, 0.15) is 45.3 Å². The summed E-state index contributed by atoms with van der Waals surface area (Å²) in [6.45, 7) is 11.0. The smallest absolute Gasteiger partial charge is 0.434 e. The zero-order chi connectivity index (χ0) is 21.4. The summed E-state index contributed by atoms with van der Waals surface area (Å²) in [6.07, 6.45) is -4.85. The van der Waals surface area contributed by atoms with Crippen LogP contribution in [0.15, 0.2) is 10.4 Å². The molecule has 1 aromatic heterocycles. The average Bonchev–Trinajstić information content (AvgIpc) is 3.04. The van der Waals surface area contributed by atoms with Gasteiger partial charge in [-0.3, -0.25) is 0 Å². The first-order chi connectivity index (χ1) is 13.0. The number of halogens is 3. The Kier molecular flexibility index (Phi) is 8.99. The number of guanidine groups is 1. The lowest BCUT2D eigenvalue weighted by atomic mass is 10.2. The number of amides is 1. The second kappa shape index (κ2) is 10.5. The number of hydrogen-bond donors (Lipinski definition) is 2. The molecule has 0 aliphatic rings. The van der Waals surface area contributed by atoms with Gasteiger partial charge in [-0.15, -0.1) is 11.3 Å². The molecule has 0 spiro atoms. The van der Waals surface area contributed by atoms with Crippen LogP contribution in [-0.2, 0) is 17.5 Å². The Labute approximate surface area is 167 Å². The van der Waals surface area contributed by atoms with E-state index in [1.807, 2.05) is 13.8 Å². The molecule has 0 aliphatic heterocycles. The van der Waals surface area contributed by atoms with Crippen LogP contribution in [0.5, 0.6) is 0 Å². The zero-order valence-electron chi connectivity index (χ0n) is 16.8. The third-order valence-corrected chi connectivity index (χ3v) is 4.10. The van der Waals surface area contributed by atoms with Crippen LogP contribution >= 0.6 is 11.3 Å². The number of hydrogen-bond acceptors (Lipinski definition) is 5. The van der Waals surface area contributed by atoms with Gasteiger partial charge < -0.3 is 20.3 Å². The second-order valence-electron chi connectivity index (χ2n) is 6.81. The quantitative estimate of drug-likeness (QED) is 0.519. The predicted molar refractivity (Wildman–Crippen MR) is 103 cm³/mol. The highest BCUT2D eigenvalue weighted by atomic mass is 32.1. The molecule has 0 radical (unpaired) electrons. The number of rotatable bonds is 7. The maximum atomic E-state index is 12.6. The van der Waals surface area contributed by atoms with Gasteiger partial charge >= 0.3 is 12.3 Å². The third kappa shape index (κ3) is 8.77. The number of thiazole rings is 1. The molecule has 0 bridgehead atoms. The lowest BCUT2D eigenvalue weighted by molar-refractivity contribution is -0.140. The number of aromatic nitrogens is 1. The monoisotopic (exact) mass is 423 g/mol. The largest absolute Gasteiger partial charge is 0.444 e. The van der Waals surface area contributed by atoms with E-state index in [1.165, 1.54) is 0 Å². The molecule has 0 atom stereocenters. The van der Waals surface area contributed by atoms with Crippen molar-refractivity contribution in [1.82, 2.24) is 20.5 Å². The van der Waals surface area contributed by atoms with Gasteiger partial charge in [0.1, 0.15) is 10.6 Å². The van der Waals surface area contributed by atoms with Crippen molar-refractivity contribution >= 4 is 23.4 Å². The van der Waals surface area contributed by atoms with E-state index < -0.39 is 23.6 Å². The Morgan fingerprint density at radius 1 is 1.29 bits per heavy atom. The van der Waals surface area contributed by atoms with Crippen LogP contribution in [0, 0.1) is 0 Å². The highest BCUT2D eigenvalue weighted by Crippen LogP contribution is 2.30. The molecule has 1 aromatic rings. The molecule has 7 nitrogen and oxygen atoms in total. The fourth-order valence-corrected chi connectivity index (χ4v) is 2.74. The highest BCUT2D eigenvalue weighted by molar-refractivity contribution is 7.09. The highest BCUT2D eigenvalue weighted by Gasteiger charge is 2.33. The van der Waals surface area contributed by atoms with E-state index in [0.717, 1.165) is 16.7 Å². The molecular formula is C17H28F3N5O2S. The minimum Gasteiger partial charge on any atom is -0.444 e. The van der Waals surface area contributed by atoms with Crippen molar-refractivity contribution in [2.75, 3.05) is 26.2 Å². The molecule has 0 aromatic carbocycles. The molecule has 2 N–H and O–H groups in total. The number of likely N-dealkylation sites (N-methyl/N-ethyl adjacent to an activating group) is 1. The van der Waals surface area contributed by atoms with Crippen LogP contribution in [0.3, 0.4) is 0 Å². The molecule has 11 heteroatoms. The number of carbonyl (C=O) groups is 1. The molecule has 1 amide bonds. The topological polar surface area (TPSA) is 78.9 Å². The fraction of sp³-hybridized carbons (Fsp3) is 0.706. The summed E-state index contributed by atoms with van der Waals surface area (Å²) in [7, 11) is 0. The Bertz CT molecular complexity index is 656. The summed E-state index contributed by atoms with van der Waals surface area (Å²) in [4.78, 5) is 21.5. The molecule has 0 saturated heterocycles. The normalized spacial score (nSPS) is 12.6. The summed E-state index contributed by atoms with van der Waals surface area (Å²) in [6, 6.07) is 0. The van der Waals surface area contributed by atoms with Crippen molar-refractivity contribution in [3.8, 4) is 0 Å². The van der Waals surface area contributed by atoms with E-state index in [4.69, 9.17) is 4.74 Å². The van der Waals surface area contributed by atoms with E-state index in [0.29, 0.717) is 32.1 Å². The first-order valence-electron chi connectivity index (χ1n) is 8.98. The predicted octanol–water partition coefficient (Wildman–Crippen LogP) is 3.47. The fourth-order valence-electron chi connectivity index (χ4n) is 2.02. The summed E-state index contributed by atoms with van der Waals surface area (Å²) < 4.78 is 43.2. The van der Waals surface area contributed by atoms with Crippen molar-refractivity contribution in [3.05, 3.63) is 16.1 Å². The first kappa shape index (κ1) is 24.0. The number of nitrogens with one attached hydrogen (secondary N) is 2. The SMILES string of the molecule is CCNC(=NCc1nc(C(F)(F)F)cs1)NCCN(CC)C(=O)OC(C)(C)C. The van der Waals surface area contributed by atoms with E-state index in [1.54, 1.807) is 25.7 Å². The van der Waals surface area contributed by atoms with Crippen LogP contribution in [0.25, 0.3) is 0 Å². The lowest BCUT2D eigenvalue weighted by Crippen LogP contribution is -2.44. The van der Waals surface area contributed by atoms with Gasteiger partial charge in [0.15, 0.2) is 11.7 Å². The molecule has 0 aliphatic carbocycles. The van der Waals surface area contributed by atoms with Gasteiger partial charge in [0.25, 0.3) is 0 Å². The van der Waals surface area contributed by atoms with Crippen molar-refractivity contribution in [2.45, 2.75) is 52.9 Å². The Morgan fingerprint density at radius 2 is 1.96 bits per heavy atom. The number of ether oxygens (including phenoxy) is 1. The Morgan fingerprint density at radius 3 is 2.46 bits per heavy atom. The molecule has 0 unspecified atom stereocenters. The van der Waals surface area contributed by atoms with Crippen molar-refractivity contribution in [1.29, 1.82) is 0 Å².